The number of carbonyl (C=O) groups excluding carboxylic acids is 2. The molecule has 32 heavy (non-hydrogen) atoms. The molecule has 2 aliphatic rings. The number of likely N-dealkylation sites (tertiary alicyclic amines) is 1. The largest absolute Gasteiger partial charge is 0.507 e. The fourth-order valence-corrected chi connectivity index (χ4v) is 4.52. The highest BCUT2D eigenvalue weighted by atomic mass is 79.9. The number of phenolic OH excluding ortho intramolecular Hbond substituents is 1. The zero-order valence-corrected chi connectivity index (χ0v) is 19.8. The molecule has 0 bridgehead atoms. The van der Waals surface area contributed by atoms with Gasteiger partial charge in [-0.3, -0.25) is 14.5 Å². The summed E-state index contributed by atoms with van der Waals surface area (Å²) in [7, 11) is 0. The van der Waals surface area contributed by atoms with Crippen LogP contribution in [0.25, 0.3) is 6.08 Å². The van der Waals surface area contributed by atoms with Crippen molar-refractivity contribution < 1.29 is 24.2 Å². The van der Waals surface area contributed by atoms with Gasteiger partial charge < -0.3 is 14.6 Å². The fraction of sp³-hybridized carbons (Fsp3) is 0.360. The first-order valence-electron chi connectivity index (χ1n) is 10.8. The van der Waals surface area contributed by atoms with E-state index in [1.807, 2.05) is 31.2 Å². The summed E-state index contributed by atoms with van der Waals surface area (Å²) in [4.78, 5) is 27.2. The summed E-state index contributed by atoms with van der Waals surface area (Å²) in [6, 6.07) is 9.23. The lowest BCUT2D eigenvalue weighted by molar-refractivity contribution is -0.149. The van der Waals surface area contributed by atoms with Crippen LogP contribution in [0, 0.1) is 12.8 Å². The molecule has 0 radical (unpaired) electrons. The maximum atomic E-state index is 13.1. The summed E-state index contributed by atoms with van der Waals surface area (Å²) in [5.74, 6) is 0.403. The topological polar surface area (TPSA) is 76.1 Å². The Morgan fingerprint density at radius 3 is 2.62 bits per heavy atom. The lowest BCUT2D eigenvalue weighted by Gasteiger charge is -2.31. The molecule has 0 unspecified atom stereocenters. The van der Waals surface area contributed by atoms with E-state index in [4.69, 9.17) is 9.47 Å². The van der Waals surface area contributed by atoms with E-state index >= 15 is 0 Å². The molecule has 0 saturated carbocycles. The fourth-order valence-electron chi connectivity index (χ4n) is 4.25. The molecule has 2 aromatic rings. The SMILES string of the molecule is CCOC(=O)C1CCN(Cc2c(O)cc(C)c3c2O/C(=C/c2ccc(Br)cc2)C3=O)CC1. The lowest BCUT2D eigenvalue weighted by Crippen LogP contribution is -2.36. The third-order valence-electron chi connectivity index (χ3n) is 5.98. The number of phenols is 1. The van der Waals surface area contributed by atoms with E-state index in [0.29, 0.717) is 61.5 Å². The Bertz CT molecular complexity index is 1070. The van der Waals surface area contributed by atoms with Gasteiger partial charge in [-0.2, -0.15) is 0 Å². The van der Waals surface area contributed by atoms with Gasteiger partial charge in [0.1, 0.15) is 11.5 Å². The quantitative estimate of drug-likeness (QED) is 0.467. The van der Waals surface area contributed by atoms with E-state index in [2.05, 4.69) is 20.8 Å². The molecule has 2 aliphatic heterocycles. The van der Waals surface area contributed by atoms with Crippen LogP contribution in [0.5, 0.6) is 11.5 Å². The second kappa shape index (κ2) is 9.46. The van der Waals surface area contributed by atoms with Gasteiger partial charge in [0.2, 0.25) is 5.78 Å². The number of allylic oxidation sites excluding steroid dienone is 1. The van der Waals surface area contributed by atoms with E-state index in [1.54, 1.807) is 19.1 Å². The Kier molecular flexibility index (Phi) is 6.67. The summed E-state index contributed by atoms with van der Waals surface area (Å²) in [6.07, 6.45) is 3.14. The van der Waals surface area contributed by atoms with Crippen molar-refractivity contribution in [3.05, 3.63) is 62.8 Å². The van der Waals surface area contributed by atoms with Crippen molar-refractivity contribution >= 4 is 33.8 Å². The van der Waals surface area contributed by atoms with Crippen molar-refractivity contribution in [1.82, 2.24) is 4.90 Å². The average molecular weight is 500 g/mol. The van der Waals surface area contributed by atoms with Crippen molar-refractivity contribution in [3.63, 3.8) is 0 Å². The molecule has 1 saturated heterocycles. The average Bonchev–Trinajstić information content (AvgIpc) is 3.09. The van der Waals surface area contributed by atoms with Crippen LogP contribution >= 0.6 is 15.9 Å². The van der Waals surface area contributed by atoms with Gasteiger partial charge in [0.15, 0.2) is 5.76 Å². The molecular formula is C25H26BrNO5. The number of Topliss-reactive ketones (excluding diaryl/α,β-unsaturated/α-hetero) is 1. The van der Waals surface area contributed by atoms with Gasteiger partial charge in [0.25, 0.3) is 0 Å². The number of esters is 1. The summed E-state index contributed by atoms with van der Waals surface area (Å²) in [5.41, 5.74) is 2.65. The highest BCUT2D eigenvalue weighted by Gasteiger charge is 2.34. The maximum Gasteiger partial charge on any atom is 0.309 e. The third-order valence-corrected chi connectivity index (χ3v) is 6.51. The molecule has 1 N–H and O–H groups in total. The number of fused-ring (bicyclic) bond motifs is 1. The molecule has 0 spiro atoms. The predicted molar refractivity (Wildman–Crippen MR) is 125 cm³/mol. The lowest BCUT2D eigenvalue weighted by atomic mass is 9.95. The first kappa shape index (κ1) is 22.6. The molecule has 1 fully saturated rings. The first-order valence-corrected chi connectivity index (χ1v) is 11.6. The molecule has 0 aliphatic carbocycles. The van der Waals surface area contributed by atoms with Gasteiger partial charge in [0, 0.05) is 11.0 Å². The second-order valence-electron chi connectivity index (χ2n) is 8.19. The second-order valence-corrected chi connectivity index (χ2v) is 9.10. The van der Waals surface area contributed by atoms with Crippen LogP contribution in [0.1, 0.15) is 46.8 Å². The maximum absolute atomic E-state index is 13.1. The number of ether oxygens (including phenoxy) is 2. The minimum Gasteiger partial charge on any atom is -0.507 e. The van der Waals surface area contributed by atoms with Crippen LogP contribution in [0.3, 0.4) is 0 Å². The number of halogens is 1. The van der Waals surface area contributed by atoms with Crippen LogP contribution in [0.15, 0.2) is 40.6 Å². The number of ketones is 1. The molecule has 0 atom stereocenters. The number of benzene rings is 2. The Hall–Kier alpha value is -2.64. The summed E-state index contributed by atoms with van der Waals surface area (Å²) in [5, 5.41) is 10.7. The number of rotatable bonds is 5. The summed E-state index contributed by atoms with van der Waals surface area (Å²) in [6.45, 7) is 5.88. The number of hydrogen-bond acceptors (Lipinski definition) is 6. The van der Waals surface area contributed by atoms with Crippen LogP contribution in [0.4, 0.5) is 0 Å². The van der Waals surface area contributed by atoms with E-state index < -0.39 is 0 Å². The molecule has 0 amide bonds. The number of nitrogens with zero attached hydrogens (tertiary/aromatic N) is 1. The number of carbonyl (C=O) groups is 2. The zero-order chi connectivity index (χ0) is 22.8. The minimum absolute atomic E-state index is 0.0817. The number of aryl methyl sites for hydroxylation is 1. The van der Waals surface area contributed by atoms with Crippen LogP contribution in [-0.4, -0.2) is 41.5 Å². The zero-order valence-electron chi connectivity index (χ0n) is 18.2. The summed E-state index contributed by atoms with van der Waals surface area (Å²) < 4.78 is 12.1. The van der Waals surface area contributed by atoms with Crippen LogP contribution in [0.2, 0.25) is 0 Å². The van der Waals surface area contributed by atoms with Crippen molar-refractivity contribution in [2.45, 2.75) is 33.2 Å². The van der Waals surface area contributed by atoms with Gasteiger partial charge >= 0.3 is 5.97 Å². The Labute approximate surface area is 196 Å². The van der Waals surface area contributed by atoms with Crippen LogP contribution in [-0.2, 0) is 16.1 Å². The molecule has 2 heterocycles. The smallest absolute Gasteiger partial charge is 0.309 e. The van der Waals surface area contributed by atoms with Gasteiger partial charge in [-0.25, -0.2) is 0 Å². The van der Waals surface area contributed by atoms with Crippen molar-refractivity contribution in [1.29, 1.82) is 0 Å². The van der Waals surface area contributed by atoms with Crippen molar-refractivity contribution in [2.24, 2.45) is 5.92 Å². The van der Waals surface area contributed by atoms with E-state index in [-0.39, 0.29) is 29.2 Å². The molecular weight excluding hydrogens is 474 g/mol. The first-order chi connectivity index (χ1) is 15.4. The van der Waals surface area contributed by atoms with E-state index in [9.17, 15) is 14.7 Å². The number of aromatic hydroxyl groups is 1. The van der Waals surface area contributed by atoms with Crippen molar-refractivity contribution in [2.75, 3.05) is 19.7 Å². The van der Waals surface area contributed by atoms with Gasteiger partial charge in [-0.05, 0) is 75.2 Å². The molecule has 4 rings (SSSR count). The van der Waals surface area contributed by atoms with Crippen LogP contribution < -0.4 is 4.74 Å². The van der Waals surface area contributed by atoms with E-state index in [1.165, 1.54) is 0 Å². The number of hydrogen-bond donors (Lipinski definition) is 1. The molecule has 7 heteroatoms. The third kappa shape index (κ3) is 4.59. The molecule has 168 valence electrons. The Morgan fingerprint density at radius 1 is 1.28 bits per heavy atom. The standard InChI is InChI=1S/C25H26BrNO5/c1-3-31-25(30)17-8-10-27(11-9-17)14-19-20(28)12-15(2)22-23(29)21(32-24(19)22)13-16-4-6-18(26)7-5-16/h4-7,12-13,17,28H,3,8-11,14H2,1-2H3/b21-13+. The normalized spacial score (nSPS) is 18.0. The predicted octanol–water partition coefficient (Wildman–Crippen LogP) is 4.85. The van der Waals surface area contributed by atoms with Gasteiger partial charge in [0.05, 0.1) is 23.7 Å². The molecule has 2 aromatic carbocycles. The van der Waals surface area contributed by atoms with E-state index in [0.717, 1.165) is 10.0 Å². The Balaban J connectivity index is 1.55. The summed E-state index contributed by atoms with van der Waals surface area (Å²) >= 11 is 3.41. The molecule has 6 nitrogen and oxygen atoms in total. The highest BCUT2D eigenvalue weighted by molar-refractivity contribution is 9.10. The molecule has 0 aromatic heterocycles. The monoisotopic (exact) mass is 499 g/mol. The van der Waals surface area contributed by atoms with Gasteiger partial charge in [-0.1, -0.05) is 28.1 Å². The Morgan fingerprint density at radius 2 is 1.97 bits per heavy atom. The highest BCUT2D eigenvalue weighted by Crippen LogP contribution is 2.42. The minimum atomic E-state index is -0.178. The van der Waals surface area contributed by atoms with Gasteiger partial charge in [-0.15, -0.1) is 0 Å². The number of piperidine rings is 1. The van der Waals surface area contributed by atoms with Crippen molar-refractivity contribution in [3.8, 4) is 11.5 Å².